The molecule has 1 fully saturated rings. The van der Waals surface area contributed by atoms with Crippen LogP contribution in [0, 0.1) is 11.3 Å². The average molecular weight is 228 g/mol. The third-order valence-electron chi connectivity index (χ3n) is 2.16. The quantitative estimate of drug-likeness (QED) is 0.588. The first-order valence-electron chi connectivity index (χ1n) is 4.84. The monoisotopic (exact) mass is 228 g/mol. The van der Waals surface area contributed by atoms with E-state index >= 15 is 0 Å². The Balaban J connectivity index is 2.08. The molecule has 3 amide bonds. The molecular weight excluding hydrogens is 220 g/mol. The van der Waals surface area contributed by atoms with Crippen molar-refractivity contribution in [2.75, 3.05) is 6.54 Å². The van der Waals surface area contributed by atoms with Gasteiger partial charge < -0.3 is 0 Å². The molecule has 0 unspecified atom stereocenters. The summed E-state index contributed by atoms with van der Waals surface area (Å²) in [6.07, 6.45) is 1.46. The van der Waals surface area contributed by atoms with Gasteiger partial charge in [-0.15, -0.1) is 0 Å². The number of imide groups is 1. The largest absolute Gasteiger partial charge is 0.344 e. The van der Waals surface area contributed by atoms with Gasteiger partial charge in [-0.3, -0.25) is 10.1 Å². The van der Waals surface area contributed by atoms with Gasteiger partial charge in [-0.1, -0.05) is 12.1 Å². The van der Waals surface area contributed by atoms with E-state index in [9.17, 15) is 9.59 Å². The van der Waals surface area contributed by atoms with Crippen LogP contribution in [0.1, 0.15) is 11.1 Å². The molecule has 1 heterocycles. The van der Waals surface area contributed by atoms with E-state index in [0.717, 1.165) is 10.6 Å². The van der Waals surface area contributed by atoms with Gasteiger partial charge in [0.25, 0.3) is 0 Å². The molecule has 84 valence electrons. The summed E-state index contributed by atoms with van der Waals surface area (Å²) in [5.74, 6) is -0.369. The molecule has 1 saturated heterocycles. The fourth-order valence-electron chi connectivity index (χ4n) is 1.30. The lowest BCUT2D eigenvalue weighted by atomic mass is 10.2. The van der Waals surface area contributed by atoms with Crippen molar-refractivity contribution in [2.45, 2.75) is 0 Å². The van der Waals surface area contributed by atoms with Crippen LogP contribution in [0.15, 0.2) is 29.4 Å². The summed E-state index contributed by atoms with van der Waals surface area (Å²) < 4.78 is 0. The molecule has 0 radical (unpaired) electrons. The van der Waals surface area contributed by atoms with Gasteiger partial charge in [0.2, 0.25) is 5.91 Å². The number of hydrazone groups is 1. The molecule has 0 saturated carbocycles. The zero-order valence-electron chi connectivity index (χ0n) is 8.75. The molecule has 1 aromatic carbocycles. The highest BCUT2D eigenvalue weighted by atomic mass is 16.2. The highest BCUT2D eigenvalue weighted by Crippen LogP contribution is 2.03. The number of carbonyl (C=O) groups excluding carboxylic acids is 2. The molecule has 0 bridgehead atoms. The van der Waals surface area contributed by atoms with E-state index in [0.29, 0.717) is 5.56 Å². The van der Waals surface area contributed by atoms with Gasteiger partial charge in [0.05, 0.1) is 17.8 Å². The number of carbonyl (C=O) groups is 2. The zero-order valence-corrected chi connectivity index (χ0v) is 8.75. The number of urea groups is 1. The third-order valence-corrected chi connectivity index (χ3v) is 2.16. The Morgan fingerprint density at radius 2 is 2.06 bits per heavy atom. The molecule has 6 nitrogen and oxygen atoms in total. The van der Waals surface area contributed by atoms with E-state index in [-0.39, 0.29) is 12.5 Å². The maximum Gasteiger partial charge on any atom is 0.344 e. The second-order valence-electron chi connectivity index (χ2n) is 3.39. The minimum atomic E-state index is -0.528. The summed E-state index contributed by atoms with van der Waals surface area (Å²) in [7, 11) is 0. The molecule has 1 aromatic rings. The van der Waals surface area contributed by atoms with Crippen LogP contribution in [-0.4, -0.2) is 29.7 Å². The van der Waals surface area contributed by atoms with Crippen molar-refractivity contribution in [1.82, 2.24) is 10.3 Å². The molecule has 1 aliphatic heterocycles. The lowest BCUT2D eigenvalue weighted by Crippen LogP contribution is -2.24. The number of nitriles is 1. The molecule has 6 heteroatoms. The van der Waals surface area contributed by atoms with E-state index in [2.05, 4.69) is 10.4 Å². The van der Waals surface area contributed by atoms with Crippen molar-refractivity contribution in [1.29, 1.82) is 5.26 Å². The zero-order chi connectivity index (χ0) is 12.3. The number of hydrogen-bond donors (Lipinski definition) is 1. The normalized spacial score (nSPS) is 15.1. The van der Waals surface area contributed by atoms with Crippen molar-refractivity contribution in [2.24, 2.45) is 5.10 Å². The number of nitrogens with zero attached hydrogens (tertiary/aromatic N) is 3. The van der Waals surface area contributed by atoms with E-state index < -0.39 is 6.03 Å². The van der Waals surface area contributed by atoms with Crippen molar-refractivity contribution in [3.05, 3.63) is 35.4 Å². The predicted molar refractivity (Wildman–Crippen MR) is 59.0 cm³/mol. The highest BCUT2D eigenvalue weighted by Gasteiger charge is 2.25. The summed E-state index contributed by atoms with van der Waals surface area (Å²) in [5, 5.41) is 15.6. The Bertz CT molecular complexity index is 527. The molecule has 17 heavy (non-hydrogen) atoms. The van der Waals surface area contributed by atoms with Crippen molar-refractivity contribution in [3.63, 3.8) is 0 Å². The third kappa shape index (κ3) is 2.46. The van der Waals surface area contributed by atoms with Crippen molar-refractivity contribution in [3.8, 4) is 6.07 Å². The molecular formula is C11H8N4O2. The van der Waals surface area contributed by atoms with E-state index in [1.54, 1.807) is 24.3 Å². The minimum absolute atomic E-state index is 0.0639. The Morgan fingerprint density at radius 1 is 1.35 bits per heavy atom. The first-order chi connectivity index (χ1) is 8.19. The first-order valence-corrected chi connectivity index (χ1v) is 4.84. The van der Waals surface area contributed by atoms with Gasteiger partial charge in [-0.05, 0) is 17.7 Å². The number of benzene rings is 1. The van der Waals surface area contributed by atoms with Gasteiger partial charge in [-0.25, -0.2) is 9.80 Å². The lowest BCUT2D eigenvalue weighted by molar-refractivity contribution is -0.118. The van der Waals surface area contributed by atoms with Crippen LogP contribution >= 0.6 is 0 Å². The Hall–Kier alpha value is -2.68. The highest BCUT2D eigenvalue weighted by molar-refractivity contribution is 6.02. The van der Waals surface area contributed by atoms with Gasteiger partial charge in [-0.2, -0.15) is 10.4 Å². The fourth-order valence-corrected chi connectivity index (χ4v) is 1.30. The maximum atomic E-state index is 11.1. The number of amides is 3. The van der Waals surface area contributed by atoms with Crippen molar-refractivity contribution < 1.29 is 9.59 Å². The number of rotatable bonds is 2. The predicted octanol–water partition coefficient (Wildman–Crippen LogP) is 0.444. The summed E-state index contributed by atoms with van der Waals surface area (Å²) in [4.78, 5) is 22.0. The van der Waals surface area contributed by atoms with Crippen LogP contribution in [0.3, 0.4) is 0 Å². The second kappa shape index (κ2) is 4.45. The summed E-state index contributed by atoms with van der Waals surface area (Å²) in [5.41, 5.74) is 1.30. The Labute approximate surface area is 97.1 Å². The summed E-state index contributed by atoms with van der Waals surface area (Å²) >= 11 is 0. The van der Waals surface area contributed by atoms with Crippen LogP contribution in [0.25, 0.3) is 0 Å². The van der Waals surface area contributed by atoms with Gasteiger partial charge >= 0.3 is 6.03 Å². The van der Waals surface area contributed by atoms with Crippen LogP contribution in [0.5, 0.6) is 0 Å². The average Bonchev–Trinajstić information content (AvgIpc) is 2.66. The lowest BCUT2D eigenvalue weighted by Gasteiger charge is -2.03. The fraction of sp³-hybridized carbons (Fsp3) is 0.0909. The van der Waals surface area contributed by atoms with Gasteiger partial charge in [0.1, 0.15) is 6.54 Å². The van der Waals surface area contributed by atoms with E-state index in [4.69, 9.17) is 5.26 Å². The topological polar surface area (TPSA) is 85.6 Å². The number of hydrogen-bond acceptors (Lipinski definition) is 4. The summed E-state index contributed by atoms with van der Waals surface area (Å²) in [6.45, 7) is -0.0639. The smallest absolute Gasteiger partial charge is 0.275 e. The summed E-state index contributed by atoms with van der Waals surface area (Å²) in [6, 6.07) is 8.18. The van der Waals surface area contributed by atoms with Crippen molar-refractivity contribution >= 4 is 18.2 Å². The molecule has 0 aliphatic carbocycles. The molecule has 0 atom stereocenters. The molecule has 1 aliphatic rings. The first kappa shape index (κ1) is 10.8. The molecule has 0 spiro atoms. The maximum absolute atomic E-state index is 11.1. The SMILES string of the molecule is N#Cc1ccc(/C=N\N2CC(=O)NC2=O)cc1. The Morgan fingerprint density at radius 3 is 2.59 bits per heavy atom. The molecule has 1 N–H and O–H groups in total. The van der Waals surface area contributed by atoms with Crippen LogP contribution in [-0.2, 0) is 4.79 Å². The molecule has 2 rings (SSSR count). The van der Waals surface area contributed by atoms with Gasteiger partial charge in [0, 0.05) is 0 Å². The molecule has 0 aromatic heterocycles. The van der Waals surface area contributed by atoms with Crippen LogP contribution < -0.4 is 5.32 Å². The Kier molecular flexibility index (Phi) is 2.83. The van der Waals surface area contributed by atoms with Crippen LogP contribution in [0.2, 0.25) is 0 Å². The van der Waals surface area contributed by atoms with Crippen LogP contribution in [0.4, 0.5) is 4.79 Å². The van der Waals surface area contributed by atoms with E-state index in [1.807, 2.05) is 6.07 Å². The standard InChI is InChI=1S/C11H8N4O2/c12-5-8-1-3-9(4-2-8)6-13-15-7-10(16)14-11(15)17/h1-4,6H,7H2,(H,14,16,17)/b13-6-. The van der Waals surface area contributed by atoms with Gasteiger partial charge in [0.15, 0.2) is 0 Å². The van der Waals surface area contributed by atoms with E-state index in [1.165, 1.54) is 6.21 Å². The second-order valence-corrected chi connectivity index (χ2v) is 3.39. The minimum Gasteiger partial charge on any atom is -0.275 e. The number of nitrogens with one attached hydrogen (secondary N) is 1.